The third kappa shape index (κ3) is 3.38. The van der Waals surface area contributed by atoms with E-state index in [2.05, 4.69) is 5.32 Å². The Labute approximate surface area is 112 Å². The molecule has 0 fully saturated rings. The van der Waals surface area contributed by atoms with Crippen LogP contribution in [0.5, 0.6) is 0 Å². The van der Waals surface area contributed by atoms with Gasteiger partial charge in [-0.05, 0) is 31.0 Å². The fourth-order valence-corrected chi connectivity index (χ4v) is 2.11. The number of aryl methyl sites for hydroxylation is 1. The van der Waals surface area contributed by atoms with E-state index in [1.807, 2.05) is 38.1 Å². The second-order valence-corrected chi connectivity index (χ2v) is 4.69. The van der Waals surface area contributed by atoms with Crippen LogP contribution in [0.25, 0.3) is 0 Å². The lowest BCUT2D eigenvalue weighted by Gasteiger charge is -2.16. The summed E-state index contributed by atoms with van der Waals surface area (Å²) in [5.74, 6) is -1.06. The Morgan fingerprint density at radius 3 is 2.53 bits per heavy atom. The first kappa shape index (κ1) is 13.7. The molecule has 0 amide bonds. The minimum absolute atomic E-state index is 0.116. The van der Waals surface area contributed by atoms with Gasteiger partial charge in [-0.3, -0.25) is 0 Å². The molecule has 2 aromatic carbocycles. The van der Waals surface area contributed by atoms with Crippen molar-refractivity contribution in [2.24, 2.45) is 0 Å². The SMILES string of the molecule is Cc1ccccc1C(C)NCc1ccc(F)cc1F. The minimum atomic E-state index is -0.548. The molecular weight excluding hydrogens is 244 g/mol. The summed E-state index contributed by atoms with van der Waals surface area (Å²) < 4.78 is 26.3. The molecule has 0 aromatic heterocycles. The van der Waals surface area contributed by atoms with Crippen molar-refractivity contribution in [3.8, 4) is 0 Å². The monoisotopic (exact) mass is 261 g/mol. The third-order valence-corrected chi connectivity index (χ3v) is 3.27. The van der Waals surface area contributed by atoms with Crippen molar-refractivity contribution in [1.82, 2.24) is 5.32 Å². The molecule has 0 aliphatic carbocycles. The highest BCUT2D eigenvalue weighted by Crippen LogP contribution is 2.18. The normalized spacial score (nSPS) is 12.4. The molecule has 100 valence electrons. The molecule has 1 unspecified atom stereocenters. The zero-order valence-corrected chi connectivity index (χ0v) is 11.1. The predicted octanol–water partition coefficient (Wildman–Crippen LogP) is 4.12. The van der Waals surface area contributed by atoms with Crippen LogP contribution in [0.2, 0.25) is 0 Å². The van der Waals surface area contributed by atoms with E-state index in [9.17, 15) is 8.78 Å². The summed E-state index contributed by atoms with van der Waals surface area (Å²) in [5, 5.41) is 3.25. The molecule has 0 heterocycles. The van der Waals surface area contributed by atoms with Crippen molar-refractivity contribution in [3.05, 3.63) is 70.8 Å². The Balaban J connectivity index is 2.04. The standard InChI is InChI=1S/C16H17F2N/c1-11-5-3-4-6-15(11)12(2)19-10-13-7-8-14(17)9-16(13)18/h3-9,12,19H,10H2,1-2H3. The molecule has 0 saturated heterocycles. The van der Waals surface area contributed by atoms with E-state index >= 15 is 0 Å². The van der Waals surface area contributed by atoms with Gasteiger partial charge in [0.25, 0.3) is 0 Å². The fraction of sp³-hybridized carbons (Fsp3) is 0.250. The summed E-state index contributed by atoms with van der Waals surface area (Å²) in [5.41, 5.74) is 2.86. The zero-order valence-electron chi connectivity index (χ0n) is 11.1. The van der Waals surface area contributed by atoms with Crippen LogP contribution >= 0.6 is 0 Å². The van der Waals surface area contributed by atoms with Crippen LogP contribution in [0.3, 0.4) is 0 Å². The van der Waals surface area contributed by atoms with Crippen molar-refractivity contribution in [2.45, 2.75) is 26.4 Å². The van der Waals surface area contributed by atoms with Crippen molar-refractivity contribution >= 4 is 0 Å². The Morgan fingerprint density at radius 2 is 1.84 bits per heavy atom. The van der Waals surface area contributed by atoms with E-state index in [4.69, 9.17) is 0 Å². The molecule has 1 N–H and O–H groups in total. The van der Waals surface area contributed by atoms with Crippen LogP contribution in [0.4, 0.5) is 8.78 Å². The van der Waals surface area contributed by atoms with Gasteiger partial charge < -0.3 is 5.32 Å². The number of rotatable bonds is 4. The molecule has 3 heteroatoms. The van der Waals surface area contributed by atoms with Gasteiger partial charge in [0.15, 0.2) is 0 Å². The Morgan fingerprint density at radius 1 is 1.11 bits per heavy atom. The Hall–Kier alpha value is -1.74. The fourth-order valence-electron chi connectivity index (χ4n) is 2.11. The first-order valence-electron chi connectivity index (χ1n) is 6.31. The first-order chi connectivity index (χ1) is 9.08. The molecule has 2 rings (SSSR count). The molecule has 0 radical (unpaired) electrons. The minimum Gasteiger partial charge on any atom is -0.306 e. The highest BCUT2D eigenvalue weighted by molar-refractivity contribution is 5.28. The van der Waals surface area contributed by atoms with Crippen LogP contribution in [0.1, 0.15) is 29.7 Å². The molecule has 0 spiro atoms. The van der Waals surface area contributed by atoms with Gasteiger partial charge in [0, 0.05) is 24.2 Å². The maximum atomic E-state index is 13.5. The van der Waals surface area contributed by atoms with Crippen LogP contribution in [-0.2, 0) is 6.54 Å². The van der Waals surface area contributed by atoms with Crippen molar-refractivity contribution in [1.29, 1.82) is 0 Å². The van der Waals surface area contributed by atoms with E-state index in [-0.39, 0.29) is 6.04 Å². The molecule has 2 aromatic rings. The van der Waals surface area contributed by atoms with Crippen LogP contribution < -0.4 is 5.32 Å². The van der Waals surface area contributed by atoms with Gasteiger partial charge in [-0.25, -0.2) is 8.78 Å². The number of nitrogens with one attached hydrogen (secondary N) is 1. The average Bonchev–Trinajstić information content (AvgIpc) is 2.38. The van der Waals surface area contributed by atoms with Gasteiger partial charge in [0.05, 0.1) is 0 Å². The lowest BCUT2D eigenvalue weighted by atomic mass is 10.0. The maximum Gasteiger partial charge on any atom is 0.130 e. The van der Waals surface area contributed by atoms with E-state index < -0.39 is 11.6 Å². The number of hydrogen-bond acceptors (Lipinski definition) is 1. The van der Waals surface area contributed by atoms with Crippen LogP contribution in [-0.4, -0.2) is 0 Å². The summed E-state index contributed by atoms with van der Waals surface area (Å²) in [4.78, 5) is 0. The first-order valence-corrected chi connectivity index (χ1v) is 6.31. The van der Waals surface area contributed by atoms with Crippen molar-refractivity contribution in [3.63, 3.8) is 0 Å². The van der Waals surface area contributed by atoms with Gasteiger partial charge in [0.1, 0.15) is 11.6 Å². The van der Waals surface area contributed by atoms with E-state index in [1.165, 1.54) is 23.3 Å². The van der Waals surface area contributed by atoms with Gasteiger partial charge in [-0.15, -0.1) is 0 Å². The molecule has 0 aliphatic heterocycles. The van der Waals surface area contributed by atoms with Crippen LogP contribution in [0, 0.1) is 18.6 Å². The number of benzene rings is 2. The highest BCUT2D eigenvalue weighted by atomic mass is 19.1. The lowest BCUT2D eigenvalue weighted by Crippen LogP contribution is -2.19. The Kier molecular flexibility index (Phi) is 4.27. The van der Waals surface area contributed by atoms with E-state index in [1.54, 1.807) is 0 Å². The van der Waals surface area contributed by atoms with Crippen molar-refractivity contribution < 1.29 is 8.78 Å². The van der Waals surface area contributed by atoms with Gasteiger partial charge >= 0.3 is 0 Å². The van der Waals surface area contributed by atoms with E-state index in [0.717, 1.165) is 6.07 Å². The topological polar surface area (TPSA) is 12.0 Å². The summed E-state index contributed by atoms with van der Waals surface area (Å²) in [6, 6.07) is 11.9. The molecule has 19 heavy (non-hydrogen) atoms. The summed E-state index contributed by atoms with van der Waals surface area (Å²) in [6.45, 7) is 4.46. The predicted molar refractivity (Wildman–Crippen MR) is 72.8 cm³/mol. The maximum absolute atomic E-state index is 13.5. The summed E-state index contributed by atoms with van der Waals surface area (Å²) >= 11 is 0. The summed E-state index contributed by atoms with van der Waals surface area (Å²) in [7, 11) is 0. The molecule has 0 aliphatic rings. The van der Waals surface area contributed by atoms with Gasteiger partial charge in [0.2, 0.25) is 0 Å². The lowest BCUT2D eigenvalue weighted by molar-refractivity contribution is 0.532. The number of halogens is 2. The van der Waals surface area contributed by atoms with Gasteiger partial charge in [-0.2, -0.15) is 0 Å². The van der Waals surface area contributed by atoms with Crippen molar-refractivity contribution in [2.75, 3.05) is 0 Å². The van der Waals surface area contributed by atoms with Crippen LogP contribution in [0.15, 0.2) is 42.5 Å². The largest absolute Gasteiger partial charge is 0.306 e. The molecule has 0 saturated carbocycles. The molecule has 1 nitrogen and oxygen atoms in total. The quantitative estimate of drug-likeness (QED) is 0.872. The van der Waals surface area contributed by atoms with Gasteiger partial charge in [-0.1, -0.05) is 30.3 Å². The second kappa shape index (κ2) is 5.93. The third-order valence-electron chi connectivity index (χ3n) is 3.27. The smallest absolute Gasteiger partial charge is 0.130 e. The number of hydrogen-bond donors (Lipinski definition) is 1. The second-order valence-electron chi connectivity index (χ2n) is 4.69. The highest BCUT2D eigenvalue weighted by Gasteiger charge is 2.09. The summed E-state index contributed by atoms with van der Waals surface area (Å²) in [6.07, 6.45) is 0. The molecular formula is C16H17F2N. The Bertz CT molecular complexity index is 566. The molecule has 0 bridgehead atoms. The van der Waals surface area contributed by atoms with E-state index in [0.29, 0.717) is 12.1 Å². The molecule has 1 atom stereocenters. The average molecular weight is 261 g/mol. The zero-order chi connectivity index (χ0) is 13.8.